The van der Waals surface area contributed by atoms with Crippen LogP contribution in [0.25, 0.3) is 0 Å². The number of rotatable bonds is 4. The highest BCUT2D eigenvalue weighted by Gasteiger charge is 2.24. The molecule has 1 unspecified atom stereocenters. The molecule has 1 aliphatic rings. The molecule has 1 fully saturated rings. The lowest BCUT2D eigenvalue weighted by atomic mass is 10.1. The number of benzene rings is 1. The molecule has 1 N–H and O–H groups in total. The molecule has 1 aromatic heterocycles. The Morgan fingerprint density at radius 1 is 1.24 bits per heavy atom. The molecule has 1 atom stereocenters. The Morgan fingerprint density at radius 2 is 2.10 bits per heavy atom. The predicted molar refractivity (Wildman–Crippen MR) is 84.3 cm³/mol. The van der Waals surface area contributed by atoms with E-state index in [9.17, 15) is 4.79 Å². The average molecular weight is 281 g/mol. The second kappa shape index (κ2) is 5.95. The molecule has 0 bridgehead atoms. The molecule has 1 aliphatic heterocycles. The number of amides is 1. The van der Waals surface area contributed by atoms with Crippen molar-refractivity contribution in [1.29, 1.82) is 0 Å². The van der Waals surface area contributed by atoms with Crippen LogP contribution in [0, 0.1) is 0 Å². The lowest BCUT2D eigenvalue weighted by Gasteiger charge is -2.23. The standard InChI is InChI=1S/C17H19N3O/c1-13(14-6-4-10-18-12-14)19-15-7-2-3-8-16(15)20-11-5-9-17(20)21/h2-4,6-8,10,12-13,19H,5,9,11H2,1H3. The highest BCUT2D eigenvalue weighted by atomic mass is 16.2. The van der Waals surface area contributed by atoms with Crippen LogP contribution < -0.4 is 10.2 Å². The number of carbonyl (C=O) groups excluding carboxylic acids is 1. The van der Waals surface area contributed by atoms with Crippen LogP contribution in [0.1, 0.15) is 31.4 Å². The van der Waals surface area contributed by atoms with E-state index in [0.29, 0.717) is 6.42 Å². The van der Waals surface area contributed by atoms with Crippen molar-refractivity contribution in [3.63, 3.8) is 0 Å². The smallest absolute Gasteiger partial charge is 0.227 e. The van der Waals surface area contributed by atoms with Crippen molar-refractivity contribution in [2.45, 2.75) is 25.8 Å². The Morgan fingerprint density at radius 3 is 2.81 bits per heavy atom. The molecular formula is C17H19N3O. The summed E-state index contributed by atoms with van der Waals surface area (Å²) in [6.45, 7) is 2.90. The van der Waals surface area contributed by atoms with Gasteiger partial charge in [-0.05, 0) is 37.1 Å². The van der Waals surface area contributed by atoms with Crippen LogP contribution in [0.2, 0.25) is 0 Å². The zero-order chi connectivity index (χ0) is 14.7. The van der Waals surface area contributed by atoms with Gasteiger partial charge >= 0.3 is 0 Å². The van der Waals surface area contributed by atoms with E-state index in [0.717, 1.165) is 29.9 Å². The summed E-state index contributed by atoms with van der Waals surface area (Å²) in [5.74, 6) is 0.207. The minimum atomic E-state index is 0.137. The van der Waals surface area contributed by atoms with Crippen molar-refractivity contribution >= 4 is 17.3 Å². The highest BCUT2D eigenvalue weighted by molar-refractivity contribution is 5.98. The second-order valence-electron chi connectivity index (χ2n) is 5.32. The van der Waals surface area contributed by atoms with Crippen molar-refractivity contribution in [3.8, 4) is 0 Å². The Balaban J connectivity index is 1.84. The monoisotopic (exact) mass is 281 g/mol. The first-order chi connectivity index (χ1) is 10.3. The third-order valence-electron chi connectivity index (χ3n) is 3.82. The predicted octanol–water partition coefficient (Wildman–Crippen LogP) is 3.38. The van der Waals surface area contributed by atoms with Crippen LogP contribution >= 0.6 is 0 Å². The Kier molecular flexibility index (Phi) is 3.86. The number of nitrogens with one attached hydrogen (secondary N) is 1. The molecule has 21 heavy (non-hydrogen) atoms. The van der Waals surface area contributed by atoms with Crippen LogP contribution in [-0.2, 0) is 4.79 Å². The van der Waals surface area contributed by atoms with Crippen molar-refractivity contribution < 1.29 is 4.79 Å². The summed E-state index contributed by atoms with van der Waals surface area (Å²) < 4.78 is 0. The van der Waals surface area contributed by atoms with Crippen LogP contribution in [0.5, 0.6) is 0 Å². The lowest BCUT2D eigenvalue weighted by Crippen LogP contribution is -2.25. The van der Waals surface area contributed by atoms with Gasteiger partial charge in [-0.3, -0.25) is 9.78 Å². The van der Waals surface area contributed by atoms with E-state index in [-0.39, 0.29) is 11.9 Å². The number of nitrogens with zero attached hydrogens (tertiary/aromatic N) is 2. The molecule has 0 saturated carbocycles. The highest BCUT2D eigenvalue weighted by Crippen LogP contribution is 2.31. The van der Waals surface area contributed by atoms with Gasteiger partial charge in [0.15, 0.2) is 0 Å². The van der Waals surface area contributed by atoms with Crippen molar-refractivity contribution in [2.75, 3.05) is 16.8 Å². The summed E-state index contributed by atoms with van der Waals surface area (Å²) in [7, 11) is 0. The first kappa shape index (κ1) is 13.6. The first-order valence-corrected chi connectivity index (χ1v) is 7.31. The summed E-state index contributed by atoms with van der Waals surface area (Å²) in [6.07, 6.45) is 5.21. The van der Waals surface area contributed by atoms with Gasteiger partial charge in [0.1, 0.15) is 0 Å². The van der Waals surface area contributed by atoms with E-state index in [1.807, 2.05) is 47.5 Å². The van der Waals surface area contributed by atoms with Crippen molar-refractivity contribution in [1.82, 2.24) is 4.98 Å². The van der Waals surface area contributed by atoms with E-state index in [1.54, 1.807) is 6.20 Å². The van der Waals surface area contributed by atoms with Crippen LogP contribution in [0.3, 0.4) is 0 Å². The molecule has 1 saturated heterocycles. The molecule has 3 rings (SSSR count). The topological polar surface area (TPSA) is 45.2 Å². The van der Waals surface area contributed by atoms with Gasteiger partial charge in [0.05, 0.1) is 17.4 Å². The zero-order valence-corrected chi connectivity index (χ0v) is 12.1. The maximum atomic E-state index is 12.0. The van der Waals surface area contributed by atoms with Gasteiger partial charge in [-0.15, -0.1) is 0 Å². The van der Waals surface area contributed by atoms with E-state index < -0.39 is 0 Å². The molecule has 2 heterocycles. The maximum absolute atomic E-state index is 12.0. The minimum Gasteiger partial charge on any atom is -0.377 e. The summed E-state index contributed by atoms with van der Waals surface area (Å²) in [5, 5.41) is 3.49. The normalized spacial score (nSPS) is 16.0. The first-order valence-electron chi connectivity index (χ1n) is 7.31. The fourth-order valence-corrected chi connectivity index (χ4v) is 2.68. The van der Waals surface area contributed by atoms with Crippen LogP contribution in [-0.4, -0.2) is 17.4 Å². The average Bonchev–Trinajstić information content (AvgIpc) is 2.95. The van der Waals surface area contributed by atoms with Crippen LogP contribution in [0.4, 0.5) is 11.4 Å². The van der Waals surface area contributed by atoms with Crippen molar-refractivity contribution in [3.05, 3.63) is 54.4 Å². The fraction of sp³-hybridized carbons (Fsp3) is 0.294. The molecule has 108 valence electrons. The van der Waals surface area contributed by atoms with Gasteiger partial charge in [0.2, 0.25) is 5.91 Å². The van der Waals surface area contributed by atoms with E-state index in [1.165, 1.54) is 0 Å². The molecule has 1 aromatic carbocycles. The molecule has 4 nitrogen and oxygen atoms in total. The third-order valence-corrected chi connectivity index (χ3v) is 3.82. The second-order valence-corrected chi connectivity index (χ2v) is 5.32. The Labute approximate surface area is 124 Å². The van der Waals surface area contributed by atoms with Crippen molar-refractivity contribution in [2.24, 2.45) is 0 Å². The number of anilines is 2. The van der Waals surface area contributed by atoms with Gasteiger partial charge in [0, 0.05) is 25.4 Å². The molecule has 0 radical (unpaired) electrons. The zero-order valence-electron chi connectivity index (χ0n) is 12.1. The van der Waals surface area contributed by atoms with Gasteiger partial charge in [0.25, 0.3) is 0 Å². The largest absolute Gasteiger partial charge is 0.377 e. The molecular weight excluding hydrogens is 262 g/mol. The minimum absolute atomic E-state index is 0.137. The molecule has 4 heteroatoms. The number of hydrogen-bond acceptors (Lipinski definition) is 3. The summed E-state index contributed by atoms with van der Waals surface area (Å²) in [6, 6.07) is 12.1. The number of carbonyl (C=O) groups is 1. The number of para-hydroxylation sites is 2. The summed E-state index contributed by atoms with van der Waals surface area (Å²) in [5.41, 5.74) is 3.08. The van der Waals surface area contributed by atoms with Gasteiger partial charge in [-0.2, -0.15) is 0 Å². The van der Waals surface area contributed by atoms with Crippen LogP contribution in [0.15, 0.2) is 48.8 Å². The van der Waals surface area contributed by atoms with E-state index >= 15 is 0 Å². The molecule has 0 spiro atoms. The molecule has 1 amide bonds. The van der Waals surface area contributed by atoms with E-state index in [2.05, 4.69) is 17.2 Å². The summed E-state index contributed by atoms with van der Waals surface area (Å²) >= 11 is 0. The number of aromatic nitrogens is 1. The number of hydrogen-bond donors (Lipinski definition) is 1. The Bertz CT molecular complexity index is 627. The Hall–Kier alpha value is -2.36. The third kappa shape index (κ3) is 2.89. The van der Waals surface area contributed by atoms with Gasteiger partial charge in [-0.25, -0.2) is 0 Å². The molecule has 0 aliphatic carbocycles. The van der Waals surface area contributed by atoms with Gasteiger partial charge < -0.3 is 10.2 Å². The SMILES string of the molecule is CC(Nc1ccccc1N1CCCC1=O)c1cccnc1. The maximum Gasteiger partial charge on any atom is 0.227 e. The number of pyridine rings is 1. The quantitative estimate of drug-likeness (QED) is 0.934. The molecule has 2 aromatic rings. The van der Waals surface area contributed by atoms with E-state index in [4.69, 9.17) is 0 Å². The lowest BCUT2D eigenvalue weighted by molar-refractivity contribution is -0.117. The summed E-state index contributed by atoms with van der Waals surface area (Å²) in [4.78, 5) is 18.0. The van der Waals surface area contributed by atoms with Gasteiger partial charge in [-0.1, -0.05) is 18.2 Å². The fourth-order valence-electron chi connectivity index (χ4n) is 2.68.